The van der Waals surface area contributed by atoms with Crippen LogP contribution in [0.1, 0.15) is 71.4 Å². The summed E-state index contributed by atoms with van der Waals surface area (Å²) < 4.78 is 0. The Morgan fingerprint density at radius 1 is 1.15 bits per heavy atom. The first-order valence-electron chi connectivity index (χ1n) is 11.7. The molecule has 5 rings (SSSR count). The Kier molecular flexibility index (Phi) is 5.68. The number of aryl methyl sites for hydroxylation is 1. The number of nitrogens with zero attached hydrogens (tertiary/aromatic N) is 3. The highest BCUT2D eigenvalue weighted by molar-refractivity contribution is 8.36. The Bertz CT molecular complexity index is 1330. The number of thiazole rings is 1. The summed E-state index contributed by atoms with van der Waals surface area (Å²) in [4.78, 5) is 28.9. The molecule has 1 N–H and O–H groups in total. The first-order chi connectivity index (χ1) is 16.1. The molecule has 0 radical (unpaired) electrons. The third-order valence-corrected chi connectivity index (χ3v) is 11.2. The van der Waals surface area contributed by atoms with E-state index in [1.807, 2.05) is 0 Å². The smallest absolute Gasteiger partial charge is 0.263 e. The maximum absolute atomic E-state index is 12.7. The Labute approximate surface area is 207 Å². The van der Waals surface area contributed by atoms with Crippen LogP contribution in [0.2, 0.25) is 0 Å². The number of amides is 1. The SMILES string of the molecule is Cc1cc(-c2ncnc3c2C2=C(CCC2)S3(C)C)ccc1CNC(=O)c1cnc(C(C)(C)C)s1. The molecule has 0 bridgehead atoms. The van der Waals surface area contributed by atoms with Gasteiger partial charge in [-0.25, -0.2) is 15.0 Å². The molecule has 2 aromatic heterocycles. The minimum absolute atomic E-state index is 0.0528. The van der Waals surface area contributed by atoms with E-state index in [4.69, 9.17) is 9.97 Å². The van der Waals surface area contributed by atoms with Crippen molar-refractivity contribution in [2.75, 3.05) is 12.5 Å². The van der Waals surface area contributed by atoms with Gasteiger partial charge in [0.15, 0.2) is 0 Å². The summed E-state index contributed by atoms with van der Waals surface area (Å²) in [5, 5.41) is 5.28. The van der Waals surface area contributed by atoms with E-state index in [9.17, 15) is 4.79 Å². The molecule has 1 aliphatic heterocycles. The zero-order valence-corrected chi connectivity index (χ0v) is 22.4. The van der Waals surface area contributed by atoms with Crippen LogP contribution in [0.25, 0.3) is 16.8 Å². The summed E-state index contributed by atoms with van der Waals surface area (Å²) in [6.45, 7) is 8.92. The second-order valence-corrected chi connectivity index (χ2v) is 15.2. The average molecular weight is 493 g/mol. The molecule has 7 heteroatoms. The predicted octanol–water partition coefficient (Wildman–Crippen LogP) is 6.47. The fraction of sp³-hybridized carbons (Fsp3) is 0.407. The highest BCUT2D eigenvalue weighted by Gasteiger charge is 2.39. The van der Waals surface area contributed by atoms with Crippen LogP contribution >= 0.6 is 21.4 Å². The number of rotatable bonds is 4. The third-order valence-electron chi connectivity index (χ3n) is 6.81. The zero-order chi connectivity index (χ0) is 24.3. The summed E-state index contributed by atoms with van der Waals surface area (Å²) in [6.07, 6.45) is 11.7. The number of hydrogen-bond acceptors (Lipinski definition) is 5. The molecule has 0 atom stereocenters. The van der Waals surface area contributed by atoms with Crippen LogP contribution in [0.15, 0.2) is 40.7 Å². The van der Waals surface area contributed by atoms with Crippen LogP contribution < -0.4 is 5.32 Å². The fourth-order valence-corrected chi connectivity index (χ4v) is 8.58. The van der Waals surface area contributed by atoms with Crippen molar-refractivity contribution >= 4 is 32.8 Å². The highest BCUT2D eigenvalue weighted by Crippen LogP contribution is 2.69. The van der Waals surface area contributed by atoms with E-state index in [0.717, 1.165) is 33.8 Å². The number of hydrogen-bond donors (Lipinski definition) is 1. The largest absolute Gasteiger partial charge is 0.347 e. The van der Waals surface area contributed by atoms with Crippen LogP contribution in [0.5, 0.6) is 0 Å². The van der Waals surface area contributed by atoms with Gasteiger partial charge in [-0.15, -0.1) is 11.3 Å². The minimum Gasteiger partial charge on any atom is -0.347 e. The number of nitrogens with one attached hydrogen (secondary N) is 1. The lowest BCUT2D eigenvalue weighted by Gasteiger charge is -2.29. The zero-order valence-electron chi connectivity index (χ0n) is 20.8. The lowest BCUT2D eigenvalue weighted by atomic mass is 9.97. The summed E-state index contributed by atoms with van der Waals surface area (Å²) >= 11 is 1.47. The van der Waals surface area contributed by atoms with Gasteiger partial charge in [-0.3, -0.25) is 4.79 Å². The molecule has 1 aromatic carbocycles. The average Bonchev–Trinajstić information content (AvgIpc) is 3.51. The van der Waals surface area contributed by atoms with E-state index in [1.54, 1.807) is 17.4 Å². The van der Waals surface area contributed by atoms with Gasteiger partial charge in [0, 0.05) is 23.1 Å². The van der Waals surface area contributed by atoms with E-state index < -0.39 is 10.0 Å². The second kappa shape index (κ2) is 8.31. The van der Waals surface area contributed by atoms with Crippen LogP contribution in [0.4, 0.5) is 0 Å². The third kappa shape index (κ3) is 3.89. The fourth-order valence-electron chi connectivity index (χ4n) is 4.94. The van der Waals surface area contributed by atoms with Gasteiger partial charge in [-0.1, -0.05) is 32.9 Å². The van der Waals surface area contributed by atoms with E-state index in [1.165, 1.54) is 40.3 Å². The molecule has 2 aliphatic rings. The number of carbonyl (C=O) groups excluding carboxylic acids is 1. The molecule has 0 spiro atoms. The molecule has 3 aromatic rings. The van der Waals surface area contributed by atoms with Crippen molar-refractivity contribution in [3.8, 4) is 11.3 Å². The molecule has 178 valence electrons. The lowest BCUT2D eigenvalue weighted by Crippen LogP contribution is -2.22. The van der Waals surface area contributed by atoms with Crippen molar-refractivity contribution in [2.24, 2.45) is 0 Å². The maximum Gasteiger partial charge on any atom is 0.263 e. The number of benzene rings is 1. The molecule has 1 aliphatic carbocycles. The van der Waals surface area contributed by atoms with Gasteiger partial charge >= 0.3 is 0 Å². The predicted molar refractivity (Wildman–Crippen MR) is 143 cm³/mol. The highest BCUT2D eigenvalue weighted by atomic mass is 32.3. The number of allylic oxidation sites excluding steroid dienone is 2. The maximum atomic E-state index is 12.7. The molecule has 34 heavy (non-hydrogen) atoms. The summed E-state index contributed by atoms with van der Waals surface area (Å²) in [7, 11) is -1.01. The van der Waals surface area contributed by atoms with Crippen molar-refractivity contribution in [1.82, 2.24) is 20.3 Å². The Morgan fingerprint density at radius 2 is 1.94 bits per heavy atom. The summed E-state index contributed by atoms with van der Waals surface area (Å²) in [6, 6.07) is 6.45. The monoisotopic (exact) mass is 492 g/mol. The second-order valence-electron chi connectivity index (χ2n) is 10.6. The summed E-state index contributed by atoms with van der Waals surface area (Å²) in [5.74, 6) is -0.0731. The molecule has 0 fully saturated rings. The molecule has 1 amide bonds. The Morgan fingerprint density at radius 3 is 2.65 bits per heavy atom. The standard InChI is InChI=1S/C27H32N4OS2/c1-16-12-17(23-22-19-8-7-9-21(19)34(5,6)25(22)31-15-30-23)10-11-18(16)13-28-24(32)20-14-29-26(33-20)27(2,3)4/h10-12,14-15H,7-9,13H2,1-6H3,(H,28,32). The molecule has 0 unspecified atom stereocenters. The van der Waals surface area contributed by atoms with Crippen LogP contribution in [-0.2, 0) is 12.0 Å². The van der Waals surface area contributed by atoms with Crippen molar-refractivity contribution in [1.29, 1.82) is 0 Å². The number of carbonyl (C=O) groups is 1. The number of aromatic nitrogens is 3. The lowest BCUT2D eigenvalue weighted by molar-refractivity contribution is 0.0954. The minimum atomic E-state index is -1.01. The van der Waals surface area contributed by atoms with E-state index >= 15 is 0 Å². The van der Waals surface area contributed by atoms with Gasteiger partial charge in [-0.05, 0) is 66.4 Å². The van der Waals surface area contributed by atoms with Gasteiger partial charge in [0.2, 0.25) is 0 Å². The normalized spacial score (nSPS) is 17.5. The van der Waals surface area contributed by atoms with Crippen LogP contribution in [0.3, 0.4) is 0 Å². The van der Waals surface area contributed by atoms with Gasteiger partial charge in [0.05, 0.1) is 21.9 Å². The summed E-state index contributed by atoms with van der Waals surface area (Å²) in [5.41, 5.74) is 7.16. The van der Waals surface area contributed by atoms with Crippen molar-refractivity contribution < 1.29 is 4.79 Å². The molecule has 0 saturated carbocycles. The Hall–Kier alpha value is -2.51. The van der Waals surface area contributed by atoms with Gasteiger partial charge in [0.25, 0.3) is 5.91 Å². The van der Waals surface area contributed by atoms with Crippen molar-refractivity contribution in [3.63, 3.8) is 0 Å². The first-order valence-corrected chi connectivity index (χ1v) is 15.0. The molecular weight excluding hydrogens is 460 g/mol. The van der Waals surface area contributed by atoms with Crippen molar-refractivity contribution in [2.45, 2.75) is 63.9 Å². The molecule has 5 nitrogen and oxygen atoms in total. The quantitative estimate of drug-likeness (QED) is 0.424. The first kappa shape index (κ1) is 23.2. The Balaban J connectivity index is 1.38. The van der Waals surface area contributed by atoms with Crippen LogP contribution in [0, 0.1) is 6.92 Å². The molecular formula is C27H32N4OS2. The van der Waals surface area contributed by atoms with E-state index in [2.05, 4.69) is 68.7 Å². The molecule has 0 saturated heterocycles. The number of fused-ring (bicyclic) bond motifs is 2. The van der Waals surface area contributed by atoms with Gasteiger partial charge in [-0.2, -0.15) is 10.0 Å². The van der Waals surface area contributed by atoms with Crippen LogP contribution in [-0.4, -0.2) is 33.4 Å². The van der Waals surface area contributed by atoms with Crippen molar-refractivity contribution in [3.05, 3.63) is 62.2 Å². The van der Waals surface area contributed by atoms with Gasteiger partial charge < -0.3 is 5.32 Å². The van der Waals surface area contributed by atoms with Gasteiger partial charge in [0.1, 0.15) is 11.2 Å². The molecule has 3 heterocycles. The van der Waals surface area contributed by atoms with E-state index in [-0.39, 0.29) is 11.3 Å². The topological polar surface area (TPSA) is 67.8 Å². The van der Waals surface area contributed by atoms with E-state index in [0.29, 0.717) is 11.4 Å².